The van der Waals surface area contributed by atoms with Crippen LogP contribution in [0.1, 0.15) is 31.0 Å². The third-order valence-electron chi connectivity index (χ3n) is 4.27. The molecular formula is C19H17ClN6OS. The SMILES string of the molecule is CC(C)c1ccc(-n2nnnc2SCc2cc(=O)n3cc(Cl)ccc3n2)cc1. The molecule has 0 saturated carbocycles. The van der Waals surface area contributed by atoms with Crippen LogP contribution in [0.25, 0.3) is 11.3 Å². The maximum atomic E-state index is 12.3. The van der Waals surface area contributed by atoms with Gasteiger partial charge in [-0.25, -0.2) is 4.98 Å². The normalized spacial score (nSPS) is 11.4. The van der Waals surface area contributed by atoms with Gasteiger partial charge in [0.1, 0.15) is 5.65 Å². The Morgan fingerprint density at radius 2 is 1.93 bits per heavy atom. The third kappa shape index (κ3) is 3.79. The molecule has 0 fully saturated rings. The molecule has 0 bridgehead atoms. The molecule has 0 amide bonds. The first-order chi connectivity index (χ1) is 13.5. The number of hydrogen-bond donors (Lipinski definition) is 0. The molecule has 0 aliphatic rings. The van der Waals surface area contributed by atoms with Gasteiger partial charge in [-0.05, 0) is 46.2 Å². The fourth-order valence-electron chi connectivity index (χ4n) is 2.77. The van der Waals surface area contributed by atoms with Crippen molar-refractivity contribution in [3.63, 3.8) is 0 Å². The Morgan fingerprint density at radius 1 is 1.14 bits per heavy atom. The van der Waals surface area contributed by atoms with E-state index in [1.807, 2.05) is 12.1 Å². The molecule has 28 heavy (non-hydrogen) atoms. The van der Waals surface area contributed by atoms with Crippen LogP contribution in [0.4, 0.5) is 0 Å². The van der Waals surface area contributed by atoms with Gasteiger partial charge in [-0.15, -0.1) is 5.10 Å². The fourth-order valence-corrected chi connectivity index (χ4v) is 3.71. The van der Waals surface area contributed by atoms with Gasteiger partial charge in [0.05, 0.1) is 16.4 Å². The molecule has 3 aromatic heterocycles. The van der Waals surface area contributed by atoms with E-state index in [-0.39, 0.29) is 5.56 Å². The third-order valence-corrected chi connectivity index (χ3v) is 5.45. The Kier molecular flexibility index (Phi) is 5.15. The molecule has 0 N–H and O–H groups in total. The lowest BCUT2D eigenvalue weighted by atomic mass is 10.0. The van der Waals surface area contributed by atoms with Crippen molar-refractivity contribution >= 4 is 29.0 Å². The van der Waals surface area contributed by atoms with Gasteiger partial charge >= 0.3 is 0 Å². The molecule has 142 valence electrons. The second kappa shape index (κ2) is 7.73. The number of rotatable bonds is 5. The topological polar surface area (TPSA) is 78.0 Å². The van der Waals surface area contributed by atoms with Gasteiger partial charge in [-0.2, -0.15) is 4.68 Å². The minimum atomic E-state index is -0.174. The van der Waals surface area contributed by atoms with Crippen molar-refractivity contribution in [3.05, 3.63) is 75.3 Å². The van der Waals surface area contributed by atoms with Crippen LogP contribution in [0.5, 0.6) is 0 Å². The molecule has 0 aliphatic heterocycles. The number of hydrogen-bond acceptors (Lipinski definition) is 6. The van der Waals surface area contributed by atoms with Gasteiger partial charge in [-0.3, -0.25) is 9.20 Å². The van der Waals surface area contributed by atoms with Crippen LogP contribution in [0.2, 0.25) is 5.02 Å². The Labute approximate surface area is 170 Å². The molecule has 4 aromatic rings. The van der Waals surface area contributed by atoms with E-state index in [1.165, 1.54) is 27.8 Å². The van der Waals surface area contributed by atoms with E-state index in [0.29, 0.717) is 33.2 Å². The number of tetrazole rings is 1. The molecule has 0 aliphatic carbocycles. The average molecular weight is 413 g/mol. The summed E-state index contributed by atoms with van der Waals surface area (Å²) in [5, 5.41) is 13.1. The Hall–Kier alpha value is -2.71. The molecule has 9 heteroatoms. The zero-order valence-corrected chi connectivity index (χ0v) is 16.9. The van der Waals surface area contributed by atoms with Crippen molar-refractivity contribution in [3.8, 4) is 5.69 Å². The minimum Gasteiger partial charge on any atom is -0.269 e. The zero-order chi connectivity index (χ0) is 19.7. The summed E-state index contributed by atoms with van der Waals surface area (Å²) in [6.07, 6.45) is 1.56. The second-order valence-corrected chi connectivity index (χ2v) is 7.95. The zero-order valence-electron chi connectivity index (χ0n) is 15.3. The van der Waals surface area contributed by atoms with E-state index in [2.05, 4.69) is 46.5 Å². The summed E-state index contributed by atoms with van der Waals surface area (Å²) < 4.78 is 3.11. The van der Waals surface area contributed by atoms with E-state index >= 15 is 0 Å². The van der Waals surface area contributed by atoms with Crippen LogP contribution in [-0.2, 0) is 5.75 Å². The quantitative estimate of drug-likeness (QED) is 0.464. The second-order valence-electron chi connectivity index (χ2n) is 6.57. The predicted molar refractivity (Wildman–Crippen MR) is 109 cm³/mol. The van der Waals surface area contributed by atoms with Gasteiger partial charge in [0.15, 0.2) is 0 Å². The molecule has 3 heterocycles. The van der Waals surface area contributed by atoms with Crippen LogP contribution >= 0.6 is 23.4 Å². The van der Waals surface area contributed by atoms with E-state index in [4.69, 9.17) is 11.6 Å². The Morgan fingerprint density at radius 3 is 2.68 bits per heavy atom. The first-order valence-electron chi connectivity index (χ1n) is 8.70. The number of halogens is 1. The summed E-state index contributed by atoms with van der Waals surface area (Å²) in [6.45, 7) is 4.31. The van der Waals surface area contributed by atoms with Crippen LogP contribution in [0, 0.1) is 0 Å². The van der Waals surface area contributed by atoms with Crippen LogP contribution < -0.4 is 5.56 Å². The first kappa shape index (κ1) is 18.6. The highest BCUT2D eigenvalue weighted by molar-refractivity contribution is 7.98. The molecule has 7 nitrogen and oxygen atoms in total. The van der Waals surface area contributed by atoms with E-state index in [0.717, 1.165) is 5.69 Å². The number of fused-ring (bicyclic) bond motifs is 1. The van der Waals surface area contributed by atoms with Crippen molar-refractivity contribution in [2.45, 2.75) is 30.7 Å². The standard InChI is InChI=1S/C19H17ClN6OS/c1-12(2)13-3-6-16(7-4-13)26-19(22-23-24-26)28-11-15-9-18(27)25-10-14(20)5-8-17(25)21-15/h3-10,12H,11H2,1-2H3. The molecule has 0 spiro atoms. The van der Waals surface area contributed by atoms with Crippen molar-refractivity contribution in [1.82, 2.24) is 29.6 Å². The van der Waals surface area contributed by atoms with Crippen LogP contribution in [0.3, 0.4) is 0 Å². The highest BCUT2D eigenvalue weighted by Gasteiger charge is 2.11. The number of aromatic nitrogens is 6. The van der Waals surface area contributed by atoms with Gasteiger partial charge < -0.3 is 0 Å². The number of thioether (sulfide) groups is 1. The first-order valence-corrected chi connectivity index (χ1v) is 10.1. The average Bonchev–Trinajstić information content (AvgIpc) is 3.15. The van der Waals surface area contributed by atoms with Crippen LogP contribution in [0.15, 0.2) is 58.6 Å². The molecule has 0 saturated heterocycles. The number of benzene rings is 1. The number of pyridine rings is 1. The highest BCUT2D eigenvalue weighted by atomic mass is 35.5. The van der Waals surface area contributed by atoms with E-state index in [1.54, 1.807) is 23.0 Å². The smallest absolute Gasteiger partial charge is 0.258 e. The lowest BCUT2D eigenvalue weighted by molar-refractivity contribution is 0.754. The predicted octanol–water partition coefficient (Wildman–Crippen LogP) is 3.74. The highest BCUT2D eigenvalue weighted by Crippen LogP contribution is 2.23. The number of nitrogens with zero attached hydrogens (tertiary/aromatic N) is 6. The summed E-state index contributed by atoms with van der Waals surface area (Å²) in [4.78, 5) is 16.8. The van der Waals surface area contributed by atoms with Gasteiger partial charge in [0, 0.05) is 18.0 Å². The van der Waals surface area contributed by atoms with Gasteiger partial charge in [0.25, 0.3) is 5.56 Å². The summed E-state index contributed by atoms with van der Waals surface area (Å²) >= 11 is 7.37. The Balaban J connectivity index is 1.57. The van der Waals surface area contributed by atoms with E-state index < -0.39 is 0 Å². The van der Waals surface area contributed by atoms with Crippen molar-refractivity contribution in [2.75, 3.05) is 0 Å². The maximum absolute atomic E-state index is 12.3. The van der Waals surface area contributed by atoms with Crippen LogP contribution in [-0.4, -0.2) is 29.6 Å². The van der Waals surface area contributed by atoms with Crippen molar-refractivity contribution in [2.24, 2.45) is 0 Å². The van der Waals surface area contributed by atoms with Gasteiger partial charge in [-0.1, -0.05) is 49.3 Å². The fraction of sp³-hybridized carbons (Fsp3) is 0.211. The molecule has 4 rings (SSSR count). The monoisotopic (exact) mass is 412 g/mol. The summed E-state index contributed by atoms with van der Waals surface area (Å²) in [5.74, 6) is 0.934. The Bertz CT molecular complexity index is 1190. The lowest BCUT2D eigenvalue weighted by Crippen LogP contribution is -2.15. The summed E-state index contributed by atoms with van der Waals surface area (Å²) in [5.41, 5.74) is 3.18. The summed E-state index contributed by atoms with van der Waals surface area (Å²) in [7, 11) is 0. The largest absolute Gasteiger partial charge is 0.269 e. The maximum Gasteiger partial charge on any atom is 0.258 e. The van der Waals surface area contributed by atoms with E-state index in [9.17, 15) is 4.79 Å². The molecule has 0 atom stereocenters. The molecule has 1 aromatic carbocycles. The molecule has 0 unspecified atom stereocenters. The van der Waals surface area contributed by atoms with Crippen molar-refractivity contribution < 1.29 is 0 Å². The lowest BCUT2D eigenvalue weighted by Gasteiger charge is -2.08. The molecule has 0 radical (unpaired) electrons. The minimum absolute atomic E-state index is 0.174. The van der Waals surface area contributed by atoms with Crippen molar-refractivity contribution in [1.29, 1.82) is 0 Å². The summed E-state index contributed by atoms with van der Waals surface area (Å²) in [6, 6.07) is 13.1. The van der Waals surface area contributed by atoms with Gasteiger partial charge in [0.2, 0.25) is 5.16 Å². The molecular weight excluding hydrogens is 396 g/mol.